The number of halogens is 2. The molecule has 0 aliphatic rings. The molecule has 0 bridgehead atoms. The number of alkyl halides is 2. The summed E-state index contributed by atoms with van der Waals surface area (Å²) in [5.74, 6) is 0. The van der Waals surface area contributed by atoms with Gasteiger partial charge in [-0.05, 0) is 13.3 Å². The molecule has 0 aliphatic heterocycles. The van der Waals surface area contributed by atoms with E-state index < -0.39 is 13.0 Å². The van der Waals surface area contributed by atoms with Crippen molar-refractivity contribution in [2.24, 2.45) is 0 Å². The summed E-state index contributed by atoms with van der Waals surface area (Å²) in [5, 5.41) is 12.7. The highest BCUT2D eigenvalue weighted by molar-refractivity contribution is 5.18. The first kappa shape index (κ1) is 11.1. The zero-order chi connectivity index (χ0) is 10.7. The first-order valence-corrected chi connectivity index (χ1v) is 4.57. The van der Waals surface area contributed by atoms with Gasteiger partial charge in [-0.25, -0.2) is 8.78 Å². The van der Waals surface area contributed by atoms with E-state index in [-0.39, 0.29) is 17.3 Å². The fourth-order valence-electron chi connectivity index (χ4n) is 1.29. The van der Waals surface area contributed by atoms with Gasteiger partial charge in [0.25, 0.3) is 6.43 Å². The molecule has 0 spiro atoms. The predicted molar refractivity (Wildman–Crippen MR) is 48.1 cm³/mol. The zero-order valence-electron chi connectivity index (χ0n) is 8.24. The first-order valence-electron chi connectivity index (χ1n) is 4.57. The minimum atomic E-state index is -2.59. The molecular formula is C9H14F2N2O. The van der Waals surface area contributed by atoms with E-state index in [1.165, 1.54) is 10.9 Å². The van der Waals surface area contributed by atoms with Crippen LogP contribution in [-0.2, 0) is 6.61 Å². The van der Waals surface area contributed by atoms with Crippen LogP contribution in [0.3, 0.4) is 0 Å². The molecule has 0 saturated carbocycles. The number of aliphatic hydroxyl groups is 1. The maximum atomic E-state index is 12.6. The van der Waals surface area contributed by atoms with Crippen LogP contribution in [0.2, 0.25) is 0 Å². The van der Waals surface area contributed by atoms with Gasteiger partial charge in [-0.3, -0.25) is 4.68 Å². The van der Waals surface area contributed by atoms with Crippen molar-refractivity contribution in [3.05, 3.63) is 17.5 Å². The predicted octanol–water partition coefficient (Wildman–Crippen LogP) is 2.28. The van der Waals surface area contributed by atoms with Gasteiger partial charge < -0.3 is 5.11 Å². The Bertz CT molecular complexity index is 299. The van der Waals surface area contributed by atoms with Gasteiger partial charge in [0.05, 0.1) is 12.8 Å². The lowest BCUT2D eigenvalue weighted by Crippen LogP contribution is -2.11. The van der Waals surface area contributed by atoms with Crippen LogP contribution in [0.25, 0.3) is 0 Å². The highest BCUT2D eigenvalue weighted by atomic mass is 19.3. The van der Waals surface area contributed by atoms with Crippen LogP contribution < -0.4 is 0 Å². The van der Waals surface area contributed by atoms with E-state index in [1.807, 2.05) is 13.8 Å². The van der Waals surface area contributed by atoms with E-state index in [9.17, 15) is 8.78 Å². The van der Waals surface area contributed by atoms with E-state index in [0.717, 1.165) is 6.42 Å². The van der Waals surface area contributed by atoms with E-state index in [4.69, 9.17) is 5.11 Å². The third kappa shape index (κ3) is 1.92. The molecule has 1 atom stereocenters. The lowest BCUT2D eigenvalue weighted by molar-refractivity contribution is 0.132. The molecule has 0 amide bonds. The molecule has 0 aromatic carbocycles. The topological polar surface area (TPSA) is 38.0 Å². The molecular weight excluding hydrogens is 190 g/mol. The van der Waals surface area contributed by atoms with Crippen LogP contribution in [0.5, 0.6) is 0 Å². The zero-order valence-corrected chi connectivity index (χ0v) is 8.24. The number of rotatable bonds is 4. The van der Waals surface area contributed by atoms with Crippen molar-refractivity contribution in [1.82, 2.24) is 9.78 Å². The maximum Gasteiger partial charge on any atom is 0.280 e. The fourth-order valence-corrected chi connectivity index (χ4v) is 1.29. The summed E-state index contributed by atoms with van der Waals surface area (Å²) in [5.41, 5.74) is 0.0437. The van der Waals surface area contributed by atoms with Crippen molar-refractivity contribution in [2.75, 3.05) is 0 Å². The molecule has 5 heteroatoms. The van der Waals surface area contributed by atoms with Gasteiger partial charge in [0.15, 0.2) is 0 Å². The molecule has 14 heavy (non-hydrogen) atoms. The third-order valence-corrected chi connectivity index (χ3v) is 2.30. The van der Waals surface area contributed by atoms with Gasteiger partial charge in [0, 0.05) is 11.6 Å². The highest BCUT2D eigenvalue weighted by Gasteiger charge is 2.21. The van der Waals surface area contributed by atoms with Crippen LogP contribution in [0.1, 0.15) is 44.0 Å². The molecule has 0 radical (unpaired) electrons. The van der Waals surface area contributed by atoms with E-state index in [1.54, 1.807) is 0 Å². The molecule has 80 valence electrons. The standard InChI is InChI=1S/C9H14F2N2O/c1-3-6(2)13-8(9(10)11)7(5-14)4-12-13/h4,6,9,14H,3,5H2,1-2H3. The summed E-state index contributed by atoms with van der Waals surface area (Å²) in [7, 11) is 0. The number of aromatic nitrogens is 2. The molecule has 0 fully saturated rings. The second-order valence-electron chi connectivity index (χ2n) is 3.22. The quantitative estimate of drug-likeness (QED) is 0.817. The molecule has 1 N–H and O–H groups in total. The normalized spacial score (nSPS) is 13.6. The van der Waals surface area contributed by atoms with Crippen molar-refractivity contribution in [2.45, 2.75) is 39.3 Å². The van der Waals surface area contributed by atoms with Gasteiger partial charge >= 0.3 is 0 Å². The molecule has 1 heterocycles. The molecule has 1 rings (SSSR count). The van der Waals surface area contributed by atoms with E-state index in [2.05, 4.69) is 5.10 Å². The lowest BCUT2D eigenvalue weighted by Gasteiger charge is -2.13. The van der Waals surface area contributed by atoms with E-state index >= 15 is 0 Å². The number of hydrogen-bond acceptors (Lipinski definition) is 2. The van der Waals surface area contributed by atoms with Crippen molar-refractivity contribution in [1.29, 1.82) is 0 Å². The second kappa shape index (κ2) is 4.50. The minimum Gasteiger partial charge on any atom is -0.392 e. The van der Waals surface area contributed by atoms with Gasteiger partial charge in [-0.2, -0.15) is 5.10 Å². The van der Waals surface area contributed by atoms with Gasteiger partial charge in [-0.15, -0.1) is 0 Å². The minimum absolute atomic E-state index is 0.0701. The van der Waals surface area contributed by atoms with Gasteiger partial charge in [0.2, 0.25) is 0 Å². The van der Waals surface area contributed by atoms with Crippen LogP contribution in [-0.4, -0.2) is 14.9 Å². The van der Waals surface area contributed by atoms with Gasteiger partial charge in [0.1, 0.15) is 5.69 Å². The first-order chi connectivity index (χ1) is 6.61. The Morgan fingerprint density at radius 2 is 2.21 bits per heavy atom. The Hall–Kier alpha value is -0.970. The Labute approximate surface area is 81.4 Å². The number of aliphatic hydroxyl groups excluding tert-OH is 1. The highest BCUT2D eigenvalue weighted by Crippen LogP contribution is 2.26. The fraction of sp³-hybridized carbons (Fsp3) is 0.667. The largest absolute Gasteiger partial charge is 0.392 e. The van der Waals surface area contributed by atoms with Crippen LogP contribution in [0.4, 0.5) is 8.78 Å². The molecule has 1 unspecified atom stereocenters. The second-order valence-corrected chi connectivity index (χ2v) is 3.22. The molecule has 1 aromatic rings. The van der Waals surface area contributed by atoms with Crippen molar-refractivity contribution >= 4 is 0 Å². The summed E-state index contributed by atoms with van der Waals surface area (Å²) < 4.78 is 26.6. The van der Waals surface area contributed by atoms with Crippen LogP contribution in [0, 0.1) is 0 Å². The van der Waals surface area contributed by atoms with Crippen LogP contribution >= 0.6 is 0 Å². The SMILES string of the molecule is CCC(C)n1ncc(CO)c1C(F)F. The molecule has 1 aromatic heterocycles. The van der Waals surface area contributed by atoms with Crippen LogP contribution in [0.15, 0.2) is 6.20 Å². The summed E-state index contributed by atoms with van der Waals surface area (Å²) in [6.07, 6.45) is -0.562. The summed E-state index contributed by atoms with van der Waals surface area (Å²) in [6.45, 7) is 3.33. The van der Waals surface area contributed by atoms with Gasteiger partial charge in [-0.1, -0.05) is 6.92 Å². The Kier molecular flexibility index (Phi) is 3.57. The number of nitrogens with zero attached hydrogens (tertiary/aromatic N) is 2. The Morgan fingerprint density at radius 1 is 1.57 bits per heavy atom. The van der Waals surface area contributed by atoms with Crippen molar-refractivity contribution in [3.8, 4) is 0 Å². The summed E-state index contributed by atoms with van der Waals surface area (Å²) in [4.78, 5) is 0. The maximum absolute atomic E-state index is 12.6. The average molecular weight is 204 g/mol. The van der Waals surface area contributed by atoms with E-state index in [0.29, 0.717) is 0 Å². The monoisotopic (exact) mass is 204 g/mol. The molecule has 0 aliphatic carbocycles. The Balaban J connectivity index is 3.10. The third-order valence-electron chi connectivity index (χ3n) is 2.30. The smallest absolute Gasteiger partial charge is 0.280 e. The average Bonchev–Trinajstić information content (AvgIpc) is 2.59. The number of hydrogen-bond donors (Lipinski definition) is 1. The Morgan fingerprint density at radius 3 is 2.64 bits per heavy atom. The molecule has 3 nitrogen and oxygen atoms in total. The summed E-state index contributed by atoms with van der Waals surface area (Å²) >= 11 is 0. The molecule has 0 saturated heterocycles. The van der Waals surface area contributed by atoms with Crippen molar-refractivity contribution in [3.63, 3.8) is 0 Å². The summed E-state index contributed by atoms with van der Waals surface area (Å²) in [6, 6.07) is -0.0701. The van der Waals surface area contributed by atoms with Crippen molar-refractivity contribution < 1.29 is 13.9 Å². The lowest BCUT2D eigenvalue weighted by atomic mass is 10.2.